The van der Waals surface area contributed by atoms with Crippen molar-refractivity contribution in [1.82, 2.24) is 0 Å². The zero-order valence-corrected chi connectivity index (χ0v) is 13.4. The lowest BCUT2D eigenvalue weighted by molar-refractivity contribution is 1.32. The fourth-order valence-electron chi connectivity index (χ4n) is 3.55. The SMILES string of the molecule is Cc1cc(C)c2c(c1)C=c1cc(C)cc(C)c1=[PH]2C. The molecule has 1 heterocycles. The van der Waals surface area contributed by atoms with Crippen molar-refractivity contribution in [2.75, 3.05) is 6.66 Å². The van der Waals surface area contributed by atoms with Crippen molar-refractivity contribution in [2.45, 2.75) is 27.7 Å². The van der Waals surface area contributed by atoms with Gasteiger partial charge in [-0.1, -0.05) is 42.9 Å². The number of hydrogen-bond donors (Lipinski definition) is 0. The minimum atomic E-state index is -0.631. The monoisotopic (exact) mass is 268 g/mol. The summed E-state index contributed by atoms with van der Waals surface area (Å²) in [6, 6.07) is 9.35. The van der Waals surface area contributed by atoms with E-state index >= 15 is 0 Å². The van der Waals surface area contributed by atoms with Crippen molar-refractivity contribution in [3.05, 3.63) is 62.2 Å². The van der Waals surface area contributed by atoms with Crippen molar-refractivity contribution in [1.29, 1.82) is 0 Å². The molecule has 98 valence electrons. The quantitative estimate of drug-likeness (QED) is 0.642. The van der Waals surface area contributed by atoms with Gasteiger partial charge in [-0.15, -0.1) is 0 Å². The van der Waals surface area contributed by atoms with Crippen LogP contribution in [0, 0.1) is 32.6 Å². The average molecular weight is 268 g/mol. The molecular weight excluding hydrogens is 247 g/mol. The molecule has 0 N–H and O–H groups in total. The molecule has 0 aromatic heterocycles. The van der Waals surface area contributed by atoms with Crippen molar-refractivity contribution in [2.24, 2.45) is 0 Å². The molecule has 0 fully saturated rings. The topological polar surface area (TPSA) is 0 Å². The maximum absolute atomic E-state index is 2.44. The Bertz CT molecular complexity index is 811. The minimum Gasteiger partial charge on any atom is -0.0835 e. The van der Waals surface area contributed by atoms with Gasteiger partial charge >= 0.3 is 0 Å². The van der Waals surface area contributed by atoms with E-state index in [2.05, 4.69) is 64.7 Å². The van der Waals surface area contributed by atoms with Crippen molar-refractivity contribution >= 4 is 18.9 Å². The number of aryl methyl sites for hydroxylation is 4. The fourth-order valence-corrected chi connectivity index (χ4v) is 6.28. The van der Waals surface area contributed by atoms with Gasteiger partial charge in [-0.25, -0.2) is 0 Å². The Hall–Kier alpha value is -1.26. The van der Waals surface area contributed by atoms with Crippen LogP contribution < -0.4 is 10.5 Å². The van der Waals surface area contributed by atoms with Crippen LogP contribution in [0.4, 0.5) is 0 Å². The molecule has 19 heavy (non-hydrogen) atoms. The minimum absolute atomic E-state index is 0.631. The van der Waals surface area contributed by atoms with Crippen LogP contribution in [0.15, 0.2) is 24.3 Å². The third-order valence-electron chi connectivity index (χ3n) is 4.08. The summed E-state index contributed by atoms with van der Waals surface area (Å²) in [6.07, 6.45) is 2.39. The van der Waals surface area contributed by atoms with E-state index in [0.29, 0.717) is 0 Å². The van der Waals surface area contributed by atoms with Crippen LogP contribution in [0.5, 0.6) is 0 Å². The first kappa shape index (κ1) is 12.8. The predicted molar refractivity (Wildman–Crippen MR) is 87.7 cm³/mol. The highest BCUT2D eigenvalue weighted by atomic mass is 31.1. The normalized spacial score (nSPS) is 16.6. The maximum atomic E-state index is 2.44. The summed E-state index contributed by atoms with van der Waals surface area (Å²) < 4.78 is 0. The van der Waals surface area contributed by atoms with Crippen LogP contribution in [-0.2, 0) is 0 Å². The third kappa shape index (κ3) is 1.99. The first-order valence-electron chi connectivity index (χ1n) is 6.89. The number of benzene rings is 2. The molecule has 0 spiro atoms. The lowest BCUT2D eigenvalue weighted by Crippen LogP contribution is -2.18. The molecule has 0 bridgehead atoms. The smallest absolute Gasteiger partial charge is 0.0168 e. The molecule has 1 aliphatic rings. The lowest BCUT2D eigenvalue weighted by Gasteiger charge is -2.18. The standard InChI is InChI=1S/C18H21P/c1-11-6-13(3)17-15(8-11)10-16-9-12(2)7-14(4)18(16)19(17)5/h6-10,19H,1-5H3. The largest absolute Gasteiger partial charge is 0.0835 e. The van der Waals surface area contributed by atoms with E-state index < -0.39 is 7.55 Å². The summed E-state index contributed by atoms with van der Waals surface area (Å²) in [6.45, 7) is 11.4. The molecule has 1 heteroatoms. The van der Waals surface area contributed by atoms with Crippen LogP contribution in [0.2, 0.25) is 0 Å². The Morgan fingerprint density at radius 2 is 1.42 bits per heavy atom. The van der Waals surface area contributed by atoms with Crippen molar-refractivity contribution in [3.63, 3.8) is 0 Å². The maximum Gasteiger partial charge on any atom is -0.0168 e. The average Bonchev–Trinajstić information content (AvgIpc) is 2.25. The molecule has 3 rings (SSSR count). The molecular formula is C18H21P. The number of fused-ring (bicyclic) bond motifs is 2. The van der Waals surface area contributed by atoms with E-state index in [1.807, 2.05) is 0 Å². The van der Waals surface area contributed by atoms with E-state index in [4.69, 9.17) is 0 Å². The van der Waals surface area contributed by atoms with E-state index in [9.17, 15) is 0 Å². The Morgan fingerprint density at radius 1 is 0.789 bits per heavy atom. The van der Waals surface area contributed by atoms with Crippen LogP contribution in [-0.4, -0.2) is 6.66 Å². The second-order valence-electron chi connectivity index (χ2n) is 5.86. The zero-order chi connectivity index (χ0) is 13.7. The van der Waals surface area contributed by atoms with Crippen molar-refractivity contribution < 1.29 is 0 Å². The van der Waals surface area contributed by atoms with Gasteiger partial charge in [0.1, 0.15) is 0 Å². The zero-order valence-electron chi connectivity index (χ0n) is 12.4. The molecule has 1 atom stereocenters. The van der Waals surface area contributed by atoms with Gasteiger partial charge in [0.05, 0.1) is 0 Å². The van der Waals surface area contributed by atoms with E-state index in [1.54, 1.807) is 10.2 Å². The van der Waals surface area contributed by atoms with Gasteiger partial charge in [0.2, 0.25) is 0 Å². The molecule has 2 aromatic rings. The lowest BCUT2D eigenvalue weighted by atomic mass is 10.0. The van der Waals surface area contributed by atoms with Gasteiger partial charge in [-0.3, -0.25) is 0 Å². The van der Waals surface area contributed by atoms with Crippen LogP contribution in [0.1, 0.15) is 27.8 Å². The molecule has 0 amide bonds. The highest BCUT2D eigenvalue weighted by Crippen LogP contribution is 2.30. The third-order valence-corrected chi connectivity index (χ3v) is 6.95. The van der Waals surface area contributed by atoms with Gasteiger partial charge < -0.3 is 0 Å². The fraction of sp³-hybridized carbons (Fsp3) is 0.278. The molecule has 0 radical (unpaired) electrons. The van der Waals surface area contributed by atoms with Gasteiger partial charge in [0.15, 0.2) is 0 Å². The summed E-state index contributed by atoms with van der Waals surface area (Å²) in [5, 5.41) is 3.06. The summed E-state index contributed by atoms with van der Waals surface area (Å²) in [4.78, 5) is 1.61. The van der Waals surface area contributed by atoms with E-state index in [0.717, 1.165) is 0 Å². The van der Waals surface area contributed by atoms with Gasteiger partial charge in [0.25, 0.3) is 0 Å². The van der Waals surface area contributed by atoms with Crippen LogP contribution in [0.3, 0.4) is 0 Å². The predicted octanol–water partition coefficient (Wildman–Crippen LogP) is 3.48. The first-order chi connectivity index (χ1) is 8.97. The summed E-state index contributed by atoms with van der Waals surface area (Å²) in [5.41, 5.74) is 7.12. The van der Waals surface area contributed by atoms with Crippen molar-refractivity contribution in [3.8, 4) is 0 Å². The van der Waals surface area contributed by atoms with Gasteiger partial charge in [-0.2, -0.15) is 0 Å². The van der Waals surface area contributed by atoms with Crippen LogP contribution >= 0.6 is 7.55 Å². The second kappa shape index (κ2) is 4.39. The number of rotatable bonds is 0. The highest BCUT2D eigenvalue weighted by Gasteiger charge is 2.12. The highest BCUT2D eigenvalue weighted by molar-refractivity contribution is 7.57. The Labute approximate surface area is 116 Å². The first-order valence-corrected chi connectivity index (χ1v) is 8.89. The molecule has 0 nitrogen and oxygen atoms in total. The molecule has 0 saturated carbocycles. The second-order valence-corrected chi connectivity index (χ2v) is 8.11. The Morgan fingerprint density at radius 3 is 2.16 bits per heavy atom. The molecule has 0 saturated heterocycles. The summed E-state index contributed by atoms with van der Waals surface area (Å²) in [5.74, 6) is 0. The van der Waals surface area contributed by atoms with Crippen LogP contribution in [0.25, 0.3) is 6.08 Å². The van der Waals surface area contributed by atoms with E-state index in [1.165, 1.54) is 33.0 Å². The summed E-state index contributed by atoms with van der Waals surface area (Å²) in [7, 11) is -0.631. The Balaban J connectivity index is 2.51. The molecule has 2 aromatic carbocycles. The summed E-state index contributed by atoms with van der Waals surface area (Å²) >= 11 is 0. The number of hydrogen-bond acceptors (Lipinski definition) is 0. The molecule has 1 aliphatic heterocycles. The van der Waals surface area contributed by atoms with E-state index in [-0.39, 0.29) is 0 Å². The molecule has 0 aliphatic carbocycles. The van der Waals surface area contributed by atoms with Gasteiger partial charge in [-0.05, 0) is 72.6 Å². The Kier molecular flexibility index (Phi) is 2.95. The van der Waals surface area contributed by atoms with Gasteiger partial charge in [0, 0.05) is 0 Å². The molecule has 1 unspecified atom stereocenters.